The van der Waals surface area contributed by atoms with Gasteiger partial charge in [-0.3, -0.25) is 0 Å². The number of aromatic nitrogens is 4. The van der Waals surface area contributed by atoms with Crippen LogP contribution in [0.2, 0.25) is 0 Å². The van der Waals surface area contributed by atoms with Crippen LogP contribution >= 0.6 is 0 Å². The molecule has 2 aromatic rings. The molecule has 7 nitrogen and oxygen atoms in total. The number of aryl methyl sites for hydroxylation is 1. The monoisotopic (exact) mass is 317 g/mol. The number of fused-ring (bicyclic) bond motifs is 1. The lowest BCUT2D eigenvalue weighted by Gasteiger charge is -2.35. The van der Waals surface area contributed by atoms with E-state index in [1.54, 1.807) is 6.33 Å². The van der Waals surface area contributed by atoms with Gasteiger partial charge in [0.2, 0.25) is 0 Å². The van der Waals surface area contributed by atoms with Crippen molar-refractivity contribution in [3.63, 3.8) is 0 Å². The van der Waals surface area contributed by atoms with Gasteiger partial charge in [0.15, 0.2) is 6.29 Å². The van der Waals surface area contributed by atoms with Crippen molar-refractivity contribution in [1.29, 1.82) is 0 Å². The molecular formula is C16H23N5O2. The molecule has 4 heterocycles. The van der Waals surface area contributed by atoms with Crippen molar-refractivity contribution in [2.24, 2.45) is 5.92 Å². The van der Waals surface area contributed by atoms with Gasteiger partial charge in [-0.2, -0.15) is 14.6 Å². The molecule has 2 saturated heterocycles. The third-order valence-electron chi connectivity index (χ3n) is 4.69. The van der Waals surface area contributed by atoms with Gasteiger partial charge < -0.3 is 14.4 Å². The lowest BCUT2D eigenvalue weighted by Crippen LogP contribution is -2.39. The molecular weight excluding hydrogens is 294 g/mol. The lowest BCUT2D eigenvalue weighted by molar-refractivity contribution is -0.0889. The topological polar surface area (TPSA) is 64.8 Å². The fourth-order valence-electron chi connectivity index (χ4n) is 3.50. The molecule has 0 spiro atoms. The van der Waals surface area contributed by atoms with Crippen LogP contribution in [0.3, 0.4) is 0 Å². The Morgan fingerprint density at radius 1 is 1.22 bits per heavy atom. The van der Waals surface area contributed by atoms with Crippen LogP contribution in [0.5, 0.6) is 0 Å². The van der Waals surface area contributed by atoms with E-state index < -0.39 is 0 Å². The van der Waals surface area contributed by atoms with Crippen LogP contribution in [0.25, 0.3) is 5.78 Å². The third kappa shape index (κ3) is 2.90. The van der Waals surface area contributed by atoms with Crippen molar-refractivity contribution in [3.8, 4) is 0 Å². The first-order chi connectivity index (χ1) is 11.3. The SMILES string of the molecule is CCCc1cc(N2CCC(C3OCCO3)CC2)n2ncnc2n1. The Hall–Kier alpha value is -1.73. The minimum atomic E-state index is -0.00312. The Morgan fingerprint density at radius 3 is 2.74 bits per heavy atom. The molecule has 0 radical (unpaired) electrons. The summed E-state index contributed by atoms with van der Waals surface area (Å²) in [6.45, 7) is 5.60. The highest BCUT2D eigenvalue weighted by Gasteiger charge is 2.31. The van der Waals surface area contributed by atoms with Crippen LogP contribution in [0, 0.1) is 5.92 Å². The van der Waals surface area contributed by atoms with Crippen molar-refractivity contribution in [3.05, 3.63) is 18.1 Å². The summed E-state index contributed by atoms with van der Waals surface area (Å²) in [5, 5.41) is 4.34. The van der Waals surface area contributed by atoms with Crippen LogP contribution in [-0.2, 0) is 15.9 Å². The van der Waals surface area contributed by atoms with Crippen molar-refractivity contribution in [2.75, 3.05) is 31.2 Å². The van der Waals surface area contributed by atoms with Crippen LogP contribution in [0.15, 0.2) is 12.4 Å². The molecule has 0 unspecified atom stereocenters. The molecule has 0 N–H and O–H groups in total. The van der Waals surface area contributed by atoms with E-state index in [4.69, 9.17) is 9.47 Å². The first-order valence-corrected chi connectivity index (χ1v) is 8.53. The summed E-state index contributed by atoms with van der Waals surface area (Å²) in [5.41, 5.74) is 1.09. The maximum atomic E-state index is 5.66. The third-order valence-corrected chi connectivity index (χ3v) is 4.69. The molecule has 0 amide bonds. The second-order valence-corrected chi connectivity index (χ2v) is 6.26. The van der Waals surface area contributed by atoms with Crippen LogP contribution in [0.1, 0.15) is 31.9 Å². The van der Waals surface area contributed by atoms with Crippen LogP contribution < -0.4 is 4.90 Å². The predicted molar refractivity (Wildman–Crippen MR) is 85.4 cm³/mol. The first-order valence-electron chi connectivity index (χ1n) is 8.53. The number of nitrogens with zero attached hydrogens (tertiary/aromatic N) is 5. The Kier molecular flexibility index (Phi) is 4.13. The van der Waals surface area contributed by atoms with E-state index in [0.717, 1.165) is 63.5 Å². The molecule has 2 aromatic heterocycles. The summed E-state index contributed by atoms with van der Waals surface area (Å²) in [5.74, 6) is 2.29. The highest BCUT2D eigenvalue weighted by molar-refractivity contribution is 5.47. The molecule has 124 valence electrons. The fraction of sp³-hybridized carbons (Fsp3) is 0.688. The molecule has 2 aliphatic rings. The van der Waals surface area contributed by atoms with Gasteiger partial charge in [-0.25, -0.2) is 4.98 Å². The summed E-state index contributed by atoms with van der Waals surface area (Å²) >= 11 is 0. The van der Waals surface area contributed by atoms with Gasteiger partial charge in [0, 0.05) is 30.8 Å². The quantitative estimate of drug-likeness (QED) is 0.854. The Bertz CT molecular complexity index is 660. The highest BCUT2D eigenvalue weighted by atomic mass is 16.7. The fourth-order valence-corrected chi connectivity index (χ4v) is 3.50. The molecule has 2 fully saturated rings. The maximum Gasteiger partial charge on any atom is 0.254 e. The second kappa shape index (κ2) is 6.41. The Labute approximate surface area is 135 Å². The highest BCUT2D eigenvalue weighted by Crippen LogP contribution is 2.28. The van der Waals surface area contributed by atoms with Gasteiger partial charge in [-0.05, 0) is 19.3 Å². The molecule has 7 heteroatoms. The van der Waals surface area contributed by atoms with Gasteiger partial charge in [0.05, 0.1) is 13.2 Å². The molecule has 0 aromatic carbocycles. The van der Waals surface area contributed by atoms with E-state index in [9.17, 15) is 0 Å². The largest absolute Gasteiger partial charge is 0.356 e. The van der Waals surface area contributed by atoms with Crippen LogP contribution in [-0.4, -0.2) is 52.2 Å². The zero-order valence-corrected chi connectivity index (χ0v) is 13.5. The predicted octanol–water partition coefficient (Wildman–Crippen LogP) is 1.67. The van der Waals surface area contributed by atoms with E-state index in [1.165, 1.54) is 0 Å². The molecule has 23 heavy (non-hydrogen) atoms. The molecule has 0 saturated carbocycles. The smallest absolute Gasteiger partial charge is 0.254 e. The van der Waals surface area contributed by atoms with Crippen LogP contribution in [0.4, 0.5) is 5.82 Å². The van der Waals surface area contributed by atoms with Crippen molar-refractivity contribution < 1.29 is 9.47 Å². The summed E-state index contributed by atoms with van der Waals surface area (Å²) < 4.78 is 13.2. The van der Waals surface area contributed by atoms with Gasteiger partial charge in [0.1, 0.15) is 12.1 Å². The van der Waals surface area contributed by atoms with E-state index >= 15 is 0 Å². The summed E-state index contributed by atoms with van der Waals surface area (Å²) in [6, 6.07) is 2.16. The van der Waals surface area contributed by atoms with E-state index in [2.05, 4.69) is 33.0 Å². The Balaban J connectivity index is 1.53. The maximum absolute atomic E-state index is 5.66. The molecule has 0 atom stereocenters. The average molecular weight is 317 g/mol. The zero-order chi connectivity index (χ0) is 15.6. The summed E-state index contributed by atoms with van der Waals surface area (Å²) in [6.07, 6.45) is 5.77. The van der Waals surface area contributed by atoms with E-state index in [0.29, 0.717) is 11.7 Å². The van der Waals surface area contributed by atoms with Gasteiger partial charge >= 0.3 is 0 Å². The first kappa shape index (κ1) is 14.8. The molecule has 0 bridgehead atoms. The average Bonchev–Trinajstić information content (AvgIpc) is 3.26. The molecule has 4 rings (SSSR count). The van der Waals surface area contributed by atoms with Gasteiger partial charge in [-0.1, -0.05) is 13.3 Å². The number of hydrogen-bond donors (Lipinski definition) is 0. The number of hydrogen-bond acceptors (Lipinski definition) is 6. The number of rotatable bonds is 4. The summed E-state index contributed by atoms with van der Waals surface area (Å²) in [4.78, 5) is 11.2. The van der Waals surface area contributed by atoms with Crippen molar-refractivity contribution >= 4 is 11.6 Å². The normalized spacial score (nSPS) is 20.7. The standard InChI is InChI=1S/C16H23N5O2/c1-2-3-13-10-14(21-16(19-13)17-11-18-21)20-6-4-12(5-7-20)15-22-8-9-23-15/h10-12,15H,2-9H2,1H3. The zero-order valence-electron chi connectivity index (χ0n) is 13.5. The lowest BCUT2D eigenvalue weighted by atomic mass is 9.96. The molecule has 2 aliphatic heterocycles. The van der Waals surface area contributed by atoms with Crippen molar-refractivity contribution in [2.45, 2.75) is 38.9 Å². The number of anilines is 1. The van der Waals surface area contributed by atoms with Gasteiger partial charge in [-0.15, -0.1) is 0 Å². The van der Waals surface area contributed by atoms with E-state index in [1.807, 2.05) is 4.52 Å². The van der Waals surface area contributed by atoms with Crippen molar-refractivity contribution in [1.82, 2.24) is 19.6 Å². The Morgan fingerprint density at radius 2 is 2.00 bits per heavy atom. The molecule has 0 aliphatic carbocycles. The van der Waals surface area contributed by atoms with Gasteiger partial charge in [0.25, 0.3) is 5.78 Å². The minimum Gasteiger partial charge on any atom is -0.356 e. The number of piperidine rings is 1. The van der Waals surface area contributed by atoms with E-state index in [-0.39, 0.29) is 6.29 Å². The number of ether oxygens (including phenoxy) is 2. The summed E-state index contributed by atoms with van der Waals surface area (Å²) in [7, 11) is 0. The minimum absolute atomic E-state index is 0.00312. The second-order valence-electron chi connectivity index (χ2n) is 6.26.